The number of hydrogen-bond acceptors (Lipinski definition) is 5. The maximum Gasteiger partial charge on any atom is 0.196 e. The lowest BCUT2D eigenvalue weighted by molar-refractivity contribution is -0.117. The first-order valence-corrected chi connectivity index (χ1v) is 10.6. The number of nitrogens with zero attached hydrogens (tertiary/aromatic N) is 1. The van der Waals surface area contributed by atoms with Crippen LogP contribution in [0.15, 0.2) is 66.1 Å². The molecule has 2 N–H and O–H groups in total. The molecule has 2 aromatic rings. The molecule has 0 saturated heterocycles. The van der Waals surface area contributed by atoms with Crippen LogP contribution < -0.4 is 10.5 Å². The highest BCUT2D eigenvalue weighted by molar-refractivity contribution is 5.92. The molecule has 0 aliphatic heterocycles. The second-order valence-electron chi connectivity index (χ2n) is 7.33. The molecule has 0 amide bonds. The van der Waals surface area contributed by atoms with Crippen LogP contribution in [0.2, 0.25) is 0 Å². The molecule has 0 spiro atoms. The van der Waals surface area contributed by atoms with Gasteiger partial charge in [0.05, 0.1) is 19.4 Å². The fourth-order valence-electron chi connectivity index (χ4n) is 3.46. The van der Waals surface area contributed by atoms with E-state index in [2.05, 4.69) is 17.9 Å². The molecule has 0 fully saturated rings. The number of likely N-dealkylation sites (N-methyl/N-ethyl adjacent to an activating group) is 1. The van der Waals surface area contributed by atoms with Gasteiger partial charge < -0.3 is 20.1 Å². The number of carbonyl (C=O) groups excluding carboxylic acids is 1. The average molecular weight is 423 g/mol. The molecule has 0 aliphatic rings. The second kappa shape index (κ2) is 11.8. The Hall–Kier alpha value is -3.21. The fourth-order valence-corrected chi connectivity index (χ4v) is 3.46. The van der Waals surface area contributed by atoms with E-state index in [4.69, 9.17) is 15.2 Å². The van der Waals surface area contributed by atoms with Gasteiger partial charge in [0.1, 0.15) is 5.75 Å². The minimum absolute atomic E-state index is 0.0769. The first kappa shape index (κ1) is 24.1. The third-order valence-electron chi connectivity index (χ3n) is 5.32. The summed E-state index contributed by atoms with van der Waals surface area (Å²) in [6.45, 7) is 9.38. The maximum atomic E-state index is 12.4. The Morgan fingerprint density at radius 3 is 2.32 bits per heavy atom. The van der Waals surface area contributed by atoms with E-state index in [0.29, 0.717) is 25.3 Å². The molecule has 0 heterocycles. The van der Waals surface area contributed by atoms with Crippen molar-refractivity contribution in [2.75, 3.05) is 32.5 Å². The number of carbonyl (C=O) groups is 1. The van der Waals surface area contributed by atoms with Crippen molar-refractivity contribution in [3.05, 3.63) is 77.2 Å². The summed E-state index contributed by atoms with van der Waals surface area (Å²) in [5, 5.41) is 0. The van der Waals surface area contributed by atoms with E-state index in [1.165, 1.54) is 0 Å². The summed E-state index contributed by atoms with van der Waals surface area (Å²) in [7, 11) is 1.65. The topological polar surface area (TPSA) is 64.8 Å². The van der Waals surface area contributed by atoms with Gasteiger partial charge in [0.25, 0.3) is 0 Å². The Morgan fingerprint density at radius 1 is 1.10 bits per heavy atom. The van der Waals surface area contributed by atoms with Crippen LogP contribution in [0.5, 0.6) is 5.75 Å². The van der Waals surface area contributed by atoms with E-state index in [9.17, 15) is 4.79 Å². The van der Waals surface area contributed by atoms with Crippen molar-refractivity contribution in [2.45, 2.75) is 34.1 Å². The van der Waals surface area contributed by atoms with Gasteiger partial charge >= 0.3 is 0 Å². The van der Waals surface area contributed by atoms with Crippen LogP contribution in [-0.2, 0) is 16.0 Å². The number of allylic oxidation sites excluding steroid dienone is 3. The number of ether oxygens (including phenoxy) is 2. The molecule has 0 unspecified atom stereocenters. The summed E-state index contributed by atoms with van der Waals surface area (Å²) in [6.07, 6.45) is 2.78. The van der Waals surface area contributed by atoms with Gasteiger partial charge in [-0.3, -0.25) is 4.79 Å². The normalized spacial score (nSPS) is 12.2. The summed E-state index contributed by atoms with van der Waals surface area (Å²) >= 11 is 0. The Kier molecular flexibility index (Phi) is 9.19. The summed E-state index contributed by atoms with van der Waals surface area (Å²) in [6, 6.07) is 15.7. The highest BCUT2D eigenvalue weighted by Gasteiger charge is 2.17. The Balaban J connectivity index is 2.14. The fraction of sp³-hybridized carbons (Fsp3) is 0.346. The first-order valence-electron chi connectivity index (χ1n) is 10.6. The Labute approximate surface area is 186 Å². The molecule has 0 atom stereocenters. The monoisotopic (exact) mass is 422 g/mol. The molecule has 0 saturated carbocycles. The van der Waals surface area contributed by atoms with Crippen molar-refractivity contribution in [1.29, 1.82) is 0 Å². The van der Waals surface area contributed by atoms with Crippen molar-refractivity contribution in [3.8, 4) is 5.75 Å². The maximum absolute atomic E-state index is 12.4. The number of anilines is 1. The largest absolute Gasteiger partial charge is 0.497 e. The smallest absolute Gasteiger partial charge is 0.196 e. The third kappa shape index (κ3) is 6.64. The molecule has 31 heavy (non-hydrogen) atoms. The molecule has 0 bridgehead atoms. The predicted octanol–water partition coefficient (Wildman–Crippen LogP) is 5.08. The van der Waals surface area contributed by atoms with E-state index in [1.807, 2.05) is 62.4 Å². The molecule has 166 valence electrons. The van der Waals surface area contributed by atoms with E-state index >= 15 is 0 Å². The number of para-hydroxylation sites is 1. The summed E-state index contributed by atoms with van der Waals surface area (Å²) in [5.74, 6) is 1.15. The van der Waals surface area contributed by atoms with Crippen molar-refractivity contribution in [3.63, 3.8) is 0 Å². The van der Waals surface area contributed by atoms with Gasteiger partial charge in [-0.15, -0.1) is 0 Å². The number of nitrogens with two attached hydrogens (primary N) is 1. The Morgan fingerprint density at radius 2 is 1.77 bits per heavy atom. The minimum atomic E-state index is -0.0769. The van der Waals surface area contributed by atoms with Gasteiger partial charge in [0.2, 0.25) is 0 Å². The number of nitrogen functional groups attached to an aromatic ring is 1. The van der Waals surface area contributed by atoms with Crippen molar-refractivity contribution >= 4 is 17.0 Å². The second-order valence-corrected chi connectivity index (χ2v) is 7.33. The number of hydrogen-bond donors (Lipinski definition) is 1. The molecule has 2 aromatic carbocycles. The van der Waals surface area contributed by atoms with Crippen LogP contribution in [0.1, 0.15) is 38.8 Å². The number of Topliss-reactive ketones (excluding diaryl/α,β-unsaturated/α-hetero) is 1. The van der Waals surface area contributed by atoms with Crippen LogP contribution in [0.4, 0.5) is 5.69 Å². The molecular weight excluding hydrogens is 388 g/mol. The number of ketones is 1. The van der Waals surface area contributed by atoms with Gasteiger partial charge in [-0.2, -0.15) is 0 Å². The van der Waals surface area contributed by atoms with Gasteiger partial charge in [0.15, 0.2) is 11.5 Å². The number of benzene rings is 2. The molecule has 0 radical (unpaired) electrons. The third-order valence-corrected chi connectivity index (χ3v) is 5.32. The highest BCUT2D eigenvalue weighted by atomic mass is 16.5. The highest BCUT2D eigenvalue weighted by Crippen LogP contribution is 2.24. The molecule has 0 aromatic heterocycles. The minimum Gasteiger partial charge on any atom is -0.497 e. The lowest BCUT2D eigenvalue weighted by Crippen LogP contribution is -2.27. The zero-order valence-corrected chi connectivity index (χ0v) is 19.3. The lowest BCUT2D eigenvalue weighted by Gasteiger charge is -2.27. The SMILES string of the molecule is C/C=C(/CN(CC)/C(C)=C(\OCCc1ccc(OC)cc1)C(C)=O)c1ccccc1N. The zero-order valence-electron chi connectivity index (χ0n) is 19.3. The van der Waals surface area contributed by atoms with Crippen molar-refractivity contribution in [1.82, 2.24) is 4.90 Å². The molecular formula is C26H34N2O3. The van der Waals surface area contributed by atoms with E-state index < -0.39 is 0 Å². The number of methoxy groups -OCH3 is 1. The van der Waals surface area contributed by atoms with Crippen LogP contribution in [0.3, 0.4) is 0 Å². The summed E-state index contributed by atoms with van der Waals surface area (Å²) in [5.41, 5.74) is 11.0. The van der Waals surface area contributed by atoms with E-state index in [1.54, 1.807) is 14.0 Å². The van der Waals surface area contributed by atoms with E-state index in [0.717, 1.165) is 40.4 Å². The van der Waals surface area contributed by atoms with Crippen LogP contribution >= 0.6 is 0 Å². The molecule has 5 heteroatoms. The van der Waals surface area contributed by atoms with Crippen molar-refractivity contribution in [2.24, 2.45) is 0 Å². The molecule has 5 nitrogen and oxygen atoms in total. The van der Waals surface area contributed by atoms with Crippen molar-refractivity contribution < 1.29 is 14.3 Å². The van der Waals surface area contributed by atoms with Gasteiger partial charge in [-0.05, 0) is 50.1 Å². The average Bonchev–Trinajstić information content (AvgIpc) is 2.78. The quantitative estimate of drug-likeness (QED) is 0.311. The zero-order chi connectivity index (χ0) is 22.8. The Bertz CT molecular complexity index is 930. The van der Waals surface area contributed by atoms with Gasteiger partial charge in [-0.25, -0.2) is 0 Å². The standard InChI is InChI=1S/C26H34N2O3/c1-6-22(24-10-8-9-11-25(24)27)18-28(7-2)19(3)26(20(4)29)31-17-16-21-12-14-23(30-5)15-13-21/h6,8-15H,7,16-18,27H2,1-5H3/b22-6-,26-19-. The molecule has 0 aliphatic carbocycles. The summed E-state index contributed by atoms with van der Waals surface area (Å²) < 4.78 is 11.2. The number of rotatable bonds is 11. The van der Waals surface area contributed by atoms with Crippen LogP contribution in [0, 0.1) is 0 Å². The first-order chi connectivity index (χ1) is 14.9. The van der Waals surface area contributed by atoms with E-state index in [-0.39, 0.29) is 5.78 Å². The molecule has 2 rings (SSSR count). The van der Waals surface area contributed by atoms with Crippen LogP contribution in [-0.4, -0.2) is 37.5 Å². The van der Waals surface area contributed by atoms with Crippen LogP contribution in [0.25, 0.3) is 5.57 Å². The van der Waals surface area contributed by atoms with Gasteiger partial charge in [0, 0.05) is 37.7 Å². The van der Waals surface area contributed by atoms with Gasteiger partial charge in [-0.1, -0.05) is 36.4 Å². The summed E-state index contributed by atoms with van der Waals surface area (Å²) in [4.78, 5) is 14.5. The predicted molar refractivity (Wildman–Crippen MR) is 128 cm³/mol. The lowest BCUT2D eigenvalue weighted by atomic mass is 10.0.